The van der Waals surface area contributed by atoms with E-state index in [1.54, 1.807) is 13.8 Å². The average Bonchev–Trinajstić information content (AvgIpc) is 3.00. The number of esters is 2. The van der Waals surface area contributed by atoms with E-state index in [4.69, 9.17) is 9.47 Å². The lowest BCUT2D eigenvalue weighted by atomic mass is 9.89. The molecule has 6 nitrogen and oxygen atoms in total. The zero-order valence-corrected chi connectivity index (χ0v) is 14.9. The van der Waals surface area contributed by atoms with Gasteiger partial charge in [-0.2, -0.15) is 0 Å². The van der Waals surface area contributed by atoms with Crippen molar-refractivity contribution < 1.29 is 23.9 Å². The molecular formula is C17H23NO5S. The highest BCUT2D eigenvalue weighted by Gasteiger charge is 2.28. The van der Waals surface area contributed by atoms with Gasteiger partial charge in [-0.05, 0) is 26.7 Å². The Balaban J connectivity index is 2.23. The predicted octanol–water partition coefficient (Wildman–Crippen LogP) is 3.62. The Morgan fingerprint density at radius 1 is 1.08 bits per heavy atom. The highest BCUT2D eigenvalue weighted by Crippen LogP contribution is 2.32. The van der Waals surface area contributed by atoms with E-state index in [9.17, 15) is 14.4 Å². The minimum absolute atomic E-state index is 0.0399. The maximum atomic E-state index is 12.4. The fraction of sp³-hybridized carbons (Fsp3) is 0.588. The van der Waals surface area contributed by atoms with E-state index < -0.39 is 11.9 Å². The lowest BCUT2D eigenvalue weighted by Gasteiger charge is -2.20. The molecule has 1 aliphatic rings. The van der Waals surface area contributed by atoms with Crippen LogP contribution in [0.1, 0.15) is 66.7 Å². The van der Waals surface area contributed by atoms with E-state index in [-0.39, 0.29) is 36.2 Å². The third kappa shape index (κ3) is 4.35. The quantitative estimate of drug-likeness (QED) is 0.790. The summed E-state index contributed by atoms with van der Waals surface area (Å²) in [4.78, 5) is 36.7. The number of anilines is 1. The molecule has 0 saturated heterocycles. The van der Waals surface area contributed by atoms with Crippen LogP contribution in [0, 0.1) is 5.92 Å². The van der Waals surface area contributed by atoms with Crippen LogP contribution in [0.4, 0.5) is 5.00 Å². The number of rotatable bonds is 6. The third-order valence-electron chi connectivity index (χ3n) is 3.98. The van der Waals surface area contributed by atoms with Gasteiger partial charge in [-0.1, -0.05) is 19.3 Å². The van der Waals surface area contributed by atoms with E-state index >= 15 is 0 Å². The zero-order chi connectivity index (χ0) is 17.5. The summed E-state index contributed by atoms with van der Waals surface area (Å²) in [7, 11) is 0. The van der Waals surface area contributed by atoms with Crippen LogP contribution in [0.2, 0.25) is 0 Å². The number of nitrogens with one attached hydrogen (secondary N) is 1. The highest BCUT2D eigenvalue weighted by atomic mass is 32.1. The van der Waals surface area contributed by atoms with Crippen molar-refractivity contribution in [1.82, 2.24) is 0 Å². The van der Waals surface area contributed by atoms with Crippen LogP contribution in [0.25, 0.3) is 0 Å². The molecule has 1 heterocycles. The lowest BCUT2D eigenvalue weighted by Crippen LogP contribution is -2.25. The SMILES string of the molecule is CCOC(=O)c1csc(NC(=O)C2CCCCC2)c1C(=O)OCC. The van der Waals surface area contributed by atoms with Gasteiger partial charge in [0.15, 0.2) is 0 Å². The molecule has 1 aromatic rings. The first-order valence-electron chi connectivity index (χ1n) is 8.35. The molecule has 0 bridgehead atoms. The van der Waals surface area contributed by atoms with Crippen LogP contribution in [0.15, 0.2) is 5.38 Å². The van der Waals surface area contributed by atoms with E-state index in [0.29, 0.717) is 5.00 Å². The second kappa shape index (κ2) is 8.82. The summed E-state index contributed by atoms with van der Waals surface area (Å²) in [6.07, 6.45) is 4.96. The molecular weight excluding hydrogens is 330 g/mol. The summed E-state index contributed by atoms with van der Waals surface area (Å²) in [5.41, 5.74) is 0.226. The average molecular weight is 353 g/mol. The molecule has 0 atom stereocenters. The molecule has 1 amide bonds. The van der Waals surface area contributed by atoms with Gasteiger partial charge in [0.05, 0.1) is 18.8 Å². The van der Waals surface area contributed by atoms with E-state index in [1.165, 1.54) is 5.38 Å². The number of carbonyl (C=O) groups is 3. The van der Waals surface area contributed by atoms with Crippen molar-refractivity contribution in [3.05, 3.63) is 16.5 Å². The summed E-state index contributed by atoms with van der Waals surface area (Å²) in [5.74, 6) is -1.35. The molecule has 0 unspecified atom stereocenters. The molecule has 0 radical (unpaired) electrons. The van der Waals surface area contributed by atoms with Gasteiger partial charge in [0.25, 0.3) is 0 Å². The molecule has 24 heavy (non-hydrogen) atoms. The molecule has 0 aromatic carbocycles. The minimum atomic E-state index is -0.624. The van der Waals surface area contributed by atoms with Gasteiger partial charge in [0.2, 0.25) is 5.91 Å². The molecule has 1 saturated carbocycles. The number of hydrogen-bond donors (Lipinski definition) is 1. The maximum Gasteiger partial charge on any atom is 0.342 e. The van der Waals surface area contributed by atoms with Crippen molar-refractivity contribution in [2.24, 2.45) is 5.92 Å². The van der Waals surface area contributed by atoms with Gasteiger partial charge in [-0.3, -0.25) is 4.79 Å². The number of amides is 1. The molecule has 7 heteroatoms. The van der Waals surface area contributed by atoms with E-state index in [2.05, 4.69) is 5.32 Å². The van der Waals surface area contributed by atoms with Crippen molar-refractivity contribution in [3.63, 3.8) is 0 Å². The Labute approximate surface area is 145 Å². The first-order valence-corrected chi connectivity index (χ1v) is 9.23. The van der Waals surface area contributed by atoms with Crippen molar-refractivity contribution in [1.29, 1.82) is 0 Å². The monoisotopic (exact) mass is 353 g/mol. The van der Waals surface area contributed by atoms with Gasteiger partial charge in [-0.15, -0.1) is 11.3 Å². The van der Waals surface area contributed by atoms with Gasteiger partial charge in [0, 0.05) is 11.3 Å². The number of ether oxygens (including phenoxy) is 2. The summed E-state index contributed by atoms with van der Waals surface area (Å²) < 4.78 is 10.0. The standard InChI is InChI=1S/C17H23NO5S/c1-3-22-16(20)12-10-24-15(13(12)17(21)23-4-2)18-14(19)11-8-6-5-7-9-11/h10-11H,3-9H2,1-2H3,(H,18,19). The van der Waals surface area contributed by atoms with E-state index in [0.717, 1.165) is 43.4 Å². The number of thiophene rings is 1. The largest absolute Gasteiger partial charge is 0.462 e. The fourth-order valence-electron chi connectivity index (χ4n) is 2.79. The van der Waals surface area contributed by atoms with Crippen LogP contribution in [-0.4, -0.2) is 31.1 Å². The molecule has 2 rings (SSSR count). The smallest absolute Gasteiger partial charge is 0.342 e. The molecule has 1 fully saturated rings. The van der Waals surface area contributed by atoms with Crippen LogP contribution in [-0.2, 0) is 14.3 Å². The third-order valence-corrected chi connectivity index (χ3v) is 4.87. The molecule has 1 aromatic heterocycles. The van der Waals surface area contributed by atoms with Crippen LogP contribution >= 0.6 is 11.3 Å². The minimum Gasteiger partial charge on any atom is -0.462 e. The predicted molar refractivity (Wildman–Crippen MR) is 91.4 cm³/mol. The Morgan fingerprint density at radius 3 is 2.33 bits per heavy atom. The molecule has 0 aliphatic heterocycles. The molecule has 0 spiro atoms. The zero-order valence-electron chi connectivity index (χ0n) is 14.1. The van der Waals surface area contributed by atoms with Gasteiger partial charge in [-0.25, -0.2) is 9.59 Å². The van der Waals surface area contributed by atoms with Gasteiger partial charge >= 0.3 is 11.9 Å². The number of hydrogen-bond acceptors (Lipinski definition) is 6. The second-order valence-electron chi connectivity index (χ2n) is 5.62. The Hall–Kier alpha value is -1.89. The van der Waals surface area contributed by atoms with Crippen LogP contribution in [0.3, 0.4) is 0 Å². The van der Waals surface area contributed by atoms with Crippen molar-refractivity contribution in [2.75, 3.05) is 18.5 Å². The van der Waals surface area contributed by atoms with Gasteiger partial charge < -0.3 is 14.8 Å². The molecule has 1 aliphatic carbocycles. The highest BCUT2D eigenvalue weighted by molar-refractivity contribution is 7.15. The van der Waals surface area contributed by atoms with Crippen molar-refractivity contribution in [3.8, 4) is 0 Å². The number of carbonyl (C=O) groups excluding carboxylic acids is 3. The van der Waals surface area contributed by atoms with Gasteiger partial charge in [0.1, 0.15) is 10.6 Å². The van der Waals surface area contributed by atoms with Crippen LogP contribution < -0.4 is 5.32 Å². The first-order chi connectivity index (χ1) is 11.6. The topological polar surface area (TPSA) is 81.7 Å². The van der Waals surface area contributed by atoms with Crippen molar-refractivity contribution >= 4 is 34.2 Å². The van der Waals surface area contributed by atoms with Crippen molar-refractivity contribution in [2.45, 2.75) is 46.0 Å². The Morgan fingerprint density at radius 2 is 1.71 bits per heavy atom. The Kier molecular flexibility index (Phi) is 6.78. The Bertz CT molecular complexity index is 604. The summed E-state index contributed by atoms with van der Waals surface area (Å²) in [5, 5.41) is 4.69. The molecule has 1 N–H and O–H groups in total. The van der Waals surface area contributed by atoms with Crippen LogP contribution in [0.5, 0.6) is 0 Å². The fourth-order valence-corrected chi connectivity index (χ4v) is 3.71. The summed E-state index contributed by atoms with van der Waals surface area (Å²) in [6.45, 7) is 3.78. The normalized spacial score (nSPS) is 14.9. The second-order valence-corrected chi connectivity index (χ2v) is 6.50. The van der Waals surface area contributed by atoms with E-state index in [1.807, 2.05) is 0 Å². The summed E-state index contributed by atoms with van der Waals surface area (Å²) >= 11 is 1.14. The molecule has 132 valence electrons. The summed E-state index contributed by atoms with van der Waals surface area (Å²) in [6, 6.07) is 0. The maximum absolute atomic E-state index is 12.4. The first kappa shape index (κ1) is 18.4. The lowest BCUT2D eigenvalue weighted by molar-refractivity contribution is -0.120.